The Morgan fingerprint density at radius 1 is 1.44 bits per heavy atom. The minimum atomic E-state index is 0.143. The van der Waals surface area contributed by atoms with E-state index in [1.165, 1.54) is 0 Å². The van der Waals surface area contributed by atoms with Crippen molar-refractivity contribution in [1.29, 1.82) is 0 Å². The Morgan fingerprint density at radius 2 is 2.06 bits per heavy atom. The SMILES string of the molecule is C=CCN(CC)C(=O)Cc1ccc(Br)cc1. The molecule has 1 rings (SSSR count). The lowest BCUT2D eigenvalue weighted by atomic mass is 10.1. The summed E-state index contributed by atoms with van der Waals surface area (Å²) in [6.45, 7) is 6.97. The first-order valence-electron chi connectivity index (χ1n) is 5.30. The van der Waals surface area contributed by atoms with E-state index in [-0.39, 0.29) is 5.91 Å². The maximum absolute atomic E-state index is 11.9. The van der Waals surface area contributed by atoms with Crippen molar-refractivity contribution in [3.05, 3.63) is 47.0 Å². The quantitative estimate of drug-likeness (QED) is 0.760. The van der Waals surface area contributed by atoms with E-state index in [9.17, 15) is 4.79 Å². The van der Waals surface area contributed by atoms with Crippen LogP contribution in [0.3, 0.4) is 0 Å². The highest BCUT2D eigenvalue weighted by Crippen LogP contribution is 2.11. The largest absolute Gasteiger partial charge is 0.339 e. The van der Waals surface area contributed by atoms with Crippen molar-refractivity contribution >= 4 is 21.8 Å². The molecule has 0 aliphatic heterocycles. The van der Waals surface area contributed by atoms with Crippen LogP contribution in [0.25, 0.3) is 0 Å². The molecule has 0 aliphatic rings. The third-order valence-corrected chi connectivity index (χ3v) is 2.88. The molecule has 0 atom stereocenters. The van der Waals surface area contributed by atoms with E-state index in [2.05, 4.69) is 22.5 Å². The van der Waals surface area contributed by atoms with E-state index in [4.69, 9.17) is 0 Å². The van der Waals surface area contributed by atoms with Crippen molar-refractivity contribution in [2.45, 2.75) is 13.3 Å². The van der Waals surface area contributed by atoms with Gasteiger partial charge in [0.25, 0.3) is 0 Å². The molecule has 0 aliphatic carbocycles. The first kappa shape index (κ1) is 13.0. The maximum atomic E-state index is 11.9. The number of nitrogens with zero attached hydrogens (tertiary/aromatic N) is 1. The molecule has 0 aromatic heterocycles. The van der Waals surface area contributed by atoms with Crippen LogP contribution in [-0.2, 0) is 11.2 Å². The summed E-state index contributed by atoms with van der Waals surface area (Å²) in [6, 6.07) is 7.83. The van der Waals surface area contributed by atoms with Crippen molar-refractivity contribution in [2.24, 2.45) is 0 Å². The fourth-order valence-corrected chi connectivity index (χ4v) is 1.72. The van der Waals surface area contributed by atoms with Crippen LogP contribution in [-0.4, -0.2) is 23.9 Å². The van der Waals surface area contributed by atoms with Crippen LogP contribution in [0.1, 0.15) is 12.5 Å². The fourth-order valence-electron chi connectivity index (χ4n) is 1.45. The molecule has 3 heteroatoms. The third kappa shape index (κ3) is 3.81. The number of carbonyl (C=O) groups excluding carboxylic acids is 1. The van der Waals surface area contributed by atoms with Gasteiger partial charge in [-0.2, -0.15) is 0 Å². The summed E-state index contributed by atoms with van der Waals surface area (Å²) in [5.74, 6) is 0.143. The molecule has 0 saturated carbocycles. The molecule has 0 spiro atoms. The molecule has 0 unspecified atom stereocenters. The summed E-state index contributed by atoms with van der Waals surface area (Å²) in [5.41, 5.74) is 1.04. The van der Waals surface area contributed by atoms with Gasteiger partial charge in [0, 0.05) is 17.6 Å². The highest BCUT2D eigenvalue weighted by molar-refractivity contribution is 9.10. The molecule has 1 amide bonds. The number of halogens is 1. The van der Waals surface area contributed by atoms with Crippen LogP contribution in [0.2, 0.25) is 0 Å². The average Bonchev–Trinajstić information content (AvgIpc) is 2.29. The number of benzene rings is 1. The lowest BCUT2D eigenvalue weighted by Gasteiger charge is -2.18. The fraction of sp³-hybridized carbons (Fsp3) is 0.308. The number of rotatable bonds is 5. The molecular formula is C13H16BrNO. The Hall–Kier alpha value is -1.09. The van der Waals surface area contributed by atoms with Gasteiger partial charge in [-0.25, -0.2) is 0 Å². The second-order valence-corrected chi connectivity index (χ2v) is 4.44. The highest BCUT2D eigenvalue weighted by Gasteiger charge is 2.10. The minimum absolute atomic E-state index is 0.143. The summed E-state index contributed by atoms with van der Waals surface area (Å²) in [4.78, 5) is 13.7. The van der Waals surface area contributed by atoms with Gasteiger partial charge in [-0.3, -0.25) is 4.79 Å². The first-order valence-corrected chi connectivity index (χ1v) is 6.09. The molecule has 0 radical (unpaired) electrons. The standard InChI is InChI=1S/C13H16BrNO/c1-3-9-15(4-2)13(16)10-11-5-7-12(14)8-6-11/h3,5-8H,1,4,9-10H2,2H3. The lowest BCUT2D eigenvalue weighted by molar-refractivity contribution is -0.129. The van der Waals surface area contributed by atoms with E-state index in [1.807, 2.05) is 31.2 Å². The summed E-state index contributed by atoms with van der Waals surface area (Å²) >= 11 is 3.37. The Labute approximate surface area is 105 Å². The number of hydrogen-bond acceptors (Lipinski definition) is 1. The van der Waals surface area contributed by atoms with Crippen LogP contribution in [0.4, 0.5) is 0 Å². The van der Waals surface area contributed by atoms with Gasteiger partial charge >= 0.3 is 0 Å². The molecule has 0 heterocycles. The van der Waals surface area contributed by atoms with Gasteiger partial charge in [0.1, 0.15) is 0 Å². The predicted octanol–water partition coefficient (Wildman–Crippen LogP) is 3.03. The van der Waals surface area contributed by atoms with Gasteiger partial charge in [-0.15, -0.1) is 6.58 Å². The van der Waals surface area contributed by atoms with E-state index in [0.717, 1.165) is 16.6 Å². The summed E-state index contributed by atoms with van der Waals surface area (Å²) < 4.78 is 1.03. The van der Waals surface area contributed by atoms with Gasteiger partial charge in [0.15, 0.2) is 0 Å². The van der Waals surface area contributed by atoms with Crippen molar-refractivity contribution in [3.8, 4) is 0 Å². The molecule has 0 saturated heterocycles. The Kier molecular flexibility index (Phi) is 5.26. The van der Waals surface area contributed by atoms with E-state index < -0.39 is 0 Å². The van der Waals surface area contributed by atoms with Crippen molar-refractivity contribution in [3.63, 3.8) is 0 Å². The molecule has 0 N–H and O–H groups in total. The molecule has 86 valence electrons. The van der Waals surface area contributed by atoms with Crippen LogP contribution < -0.4 is 0 Å². The Morgan fingerprint density at radius 3 is 2.56 bits per heavy atom. The second-order valence-electron chi connectivity index (χ2n) is 3.52. The zero-order chi connectivity index (χ0) is 12.0. The predicted molar refractivity (Wildman–Crippen MR) is 70.3 cm³/mol. The van der Waals surface area contributed by atoms with Crippen LogP contribution in [0, 0.1) is 0 Å². The Bertz CT molecular complexity index is 359. The number of hydrogen-bond donors (Lipinski definition) is 0. The molecule has 16 heavy (non-hydrogen) atoms. The van der Waals surface area contributed by atoms with E-state index >= 15 is 0 Å². The van der Waals surface area contributed by atoms with Gasteiger partial charge in [-0.1, -0.05) is 34.1 Å². The maximum Gasteiger partial charge on any atom is 0.227 e. The second kappa shape index (κ2) is 6.48. The van der Waals surface area contributed by atoms with Crippen LogP contribution in [0.15, 0.2) is 41.4 Å². The van der Waals surface area contributed by atoms with Gasteiger partial charge in [0.2, 0.25) is 5.91 Å². The summed E-state index contributed by atoms with van der Waals surface area (Å²) in [7, 11) is 0. The number of likely N-dealkylation sites (N-methyl/N-ethyl adjacent to an activating group) is 1. The van der Waals surface area contributed by atoms with E-state index in [1.54, 1.807) is 11.0 Å². The molecule has 1 aromatic carbocycles. The highest BCUT2D eigenvalue weighted by atomic mass is 79.9. The monoisotopic (exact) mass is 281 g/mol. The summed E-state index contributed by atoms with van der Waals surface area (Å²) in [6.07, 6.45) is 2.21. The Balaban J connectivity index is 2.62. The third-order valence-electron chi connectivity index (χ3n) is 2.35. The van der Waals surface area contributed by atoms with Crippen molar-refractivity contribution in [2.75, 3.05) is 13.1 Å². The molecule has 0 bridgehead atoms. The molecule has 2 nitrogen and oxygen atoms in total. The smallest absolute Gasteiger partial charge is 0.227 e. The van der Waals surface area contributed by atoms with E-state index in [0.29, 0.717) is 13.0 Å². The zero-order valence-electron chi connectivity index (χ0n) is 9.45. The van der Waals surface area contributed by atoms with Gasteiger partial charge in [0.05, 0.1) is 6.42 Å². The average molecular weight is 282 g/mol. The van der Waals surface area contributed by atoms with Crippen molar-refractivity contribution < 1.29 is 4.79 Å². The van der Waals surface area contributed by atoms with Gasteiger partial charge in [-0.05, 0) is 24.6 Å². The van der Waals surface area contributed by atoms with Gasteiger partial charge < -0.3 is 4.90 Å². The number of amides is 1. The molecular weight excluding hydrogens is 266 g/mol. The molecule has 1 aromatic rings. The van der Waals surface area contributed by atoms with Crippen LogP contribution >= 0.6 is 15.9 Å². The van der Waals surface area contributed by atoms with Crippen LogP contribution in [0.5, 0.6) is 0 Å². The lowest BCUT2D eigenvalue weighted by Crippen LogP contribution is -2.32. The number of carbonyl (C=O) groups is 1. The normalized spacial score (nSPS) is 9.88. The topological polar surface area (TPSA) is 20.3 Å². The molecule has 0 fully saturated rings. The zero-order valence-corrected chi connectivity index (χ0v) is 11.0. The minimum Gasteiger partial charge on any atom is -0.339 e. The summed E-state index contributed by atoms with van der Waals surface area (Å²) in [5, 5.41) is 0. The van der Waals surface area contributed by atoms with Crippen molar-refractivity contribution in [1.82, 2.24) is 4.90 Å². The first-order chi connectivity index (χ1) is 7.67.